The van der Waals surface area contributed by atoms with E-state index in [0.29, 0.717) is 24.2 Å². The van der Waals surface area contributed by atoms with E-state index in [2.05, 4.69) is 13.8 Å². The SMILES string of the molecule is CC1(C)CN(C(=O)c2ccccc2CS(=O)(=O)c2ccccc2)CCC1N. The van der Waals surface area contributed by atoms with Crippen LogP contribution >= 0.6 is 0 Å². The Hall–Kier alpha value is -2.18. The van der Waals surface area contributed by atoms with Gasteiger partial charge >= 0.3 is 0 Å². The summed E-state index contributed by atoms with van der Waals surface area (Å²) < 4.78 is 25.5. The molecule has 0 aliphatic carbocycles. The summed E-state index contributed by atoms with van der Waals surface area (Å²) in [6.45, 7) is 5.27. The molecule has 1 aliphatic rings. The minimum absolute atomic E-state index is 0.0512. The zero-order valence-electron chi connectivity index (χ0n) is 15.8. The van der Waals surface area contributed by atoms with Crippen LogP contribution in [0.2, 0.25) is 0 Å². The Balaban J connectivity index is 1.87. The van der Waals surface area contributed by atoms with Crippen molar-refractivity contribution in [1.82, 2.24) is 4.90 Å². The molecule has 27 heavy (non-hydrogen) atoms. The Morgan fingerprint density at radius 1 is 1.11 bits per heavy atom. The van der Waals surface area contributed by atoms with Gasteiger partial charge < -0.3 is 10.6 Å². The molecule has 3 rings (SSSR count). The lowest BCUT2D eigenvalue weighted by Gasteiger charge is -2.42. The third-order valence-corrected chi connectivity index (χ3v) is 6.98. The third kappa shape index (κ3) is 4.22. The van der Waals surface area contributed by atoms with Crippen LogP contribution < -0.4 is 5.73 Å². The number of piperidine rings is 1. The number of hydrogen-bond acceptors (Lipinski definition) is 4. The maximum atomic E-state index is 13.1. The van der Waals surface area contributed by atoms with Crippen LogP contribution in [0.5, 0.6) is 0 Å². The van der Waals surface area contributed by atoms with Gasteiger partial charge in [-0.25, -0.2) is 8.42 Å². The van der Waals surface area contributed by atoms with E-state index in [1.54, 1.807) is 59.5 Å². The predicted molar refractivity (Wildman–Crippen MR) is 106 cm³/mol. The number of nitrogens with zero attached hydrogens (tertiary/aromatic N) is 1. The molecular formula is C21H26N2O3S. The lowest BCUT2D eigenvalue weighted by atomic mass is 9.79. The van der Waals surface area contributed by atoms with Gasteiger partial charge in [-0.2, -0.15) is 0 Å². The fraction of sp³-hybridized carbons (Fsp3) is 0.381. The van der Waals surface area contributed by atoms with Crippen LogP contribution in [0.1, 0.15) is 36.2 Å². The molecule has 0 radical (unpaired) electrons. The van der Waals surface area contributed by atoms with Gasteiger partial charge in [0.1, 0.15) is 0 Å². The standard InChI is InChI=1S/C21H26N2O3S/c1-21(2)15-23(13-12-19(21)22)20(24)18-11-7-6-8-16(18)14-27(25,26)17-9-4-3-5-10-17/h3-11,19H,12-15,22H2,1-2H3. The highest BCUT2D eigenvalue weighted by atomic mass is 32.2. The first-order chi connectivity index (χ1) is 12.7. The summed E-state index contributed by atoms with van der Waals surface area (Å²) in [5.74, 6) is -0.329. The van der Waals surface area contributed by atoms with E-state index in [-0.39, 0.29) is 28.0 Å². The fourth-order valence-electron chi connectivity index (χ4n) is 3.49. The molecule has 1 heterocycles. The quantitative estimate of drug-likeness (QED) is 0.876. The van der Waals surface area contributed by atoms with Gasteiger partial charge in [0.25, 0.3) is 5.91 Å². The van der Waals surface area contributed by atoms with Crippen LogP contribution in [-0.4, -0.2) is 38.4 Å². The molecule has 1 fully saturated rings. The second kappa shape index (κ2) is 7.44. The van der Waals surface area contributed by atoms with Gasteiger partial charge in [-0.05, 0) is 35.6 Å². The molecule has 2 aromatic rings. The molecule has 144 valence electrons. The van der Waals surface area contributed by atoms with Gasteiger partial charge in [-0.3, -0.25) is 4.79 Å². The van der Waals surface area contributed by atoms with Crippen molar-refractivity contribution in [3.8, 4) is 0 Å². The Kier molecular flexibility index (Phi) is 5.40. The fourth-order valence-corrected chi connectivity index (χ4v) is 4.89. The number of sulfone groups is 1. The van der Waals surface area contributed by atoms with Crippen molar-refractivity contribution in [1.29, 1.82) is 0 Å². The molecule has 0 spiro atoms. The summed E-state index contributed by atoms with van der Waals surface area (Å²) in [6, 6.07) is 15.3. The zero-order valence-corrected chi connectivity index (χ0v) is 16.6. The van der Waals surface area contributed by atoms with E-state index in [1.807, 2.05) is 0 Å². The predicted octanol–water partition coefficient (Wildman–Crippen LogP) is 2.86. The van der Waals surface area contributed by atoms with E-state index in [0.717, 1.165) is 6.42 Å². The average molecular weight is 387 g/mol. The van der Waals surface area contributed by atoms with E-state index < -0.39 is 9.84 Å². The molecule has 0 saturated carbocycles. The first-order valence-corrected chi connectivity index (χ1v) is 10.8. The van der Waals surface area contributed by atoms with Gasteiger partial charge in [0.15, 0.2) is 9.84 Å². The second-order valence-electron chi connectivity index (χ2n) is 7.84. The van der Waals surface area contributed by atoms with E-state index >= 15 is 0 Å². The highest BCUT2D eigenvalue weighted by molar-refractivity contribution is 7.90. The Morgan fingerprint density at radius 3 is 2.41 bits per heavy atom. The van der Waals surface area contributed by atoms with Crippen LogP contribution in [0.15, 0.2) is 59.5 Å². The molecule has 2 aromatic carbocycles. The molecule has 5 nitrogen and oxygen atoms in total. The number of benzene rings is 2. The zero-order chi connectivity index (χ0) is 19.7. The molecule has 1 unspecified atom stereocenters. The van der Waals surface area contributed by atoms with Crippen molar-refractivity contribution in [2.24, 2.45) is 11.1 Å². The summed E-state index contributed by atoms with van der Waals surface area (Å²) in [5.41, 5.74) is 6.98. The number of likely N-dealkylation sites (tertiary alicyclic amines) is 1. The maximum absolute atomic E-state index is 13.1. The average Bonchev–Trinajstić information content (AvgIpc) is 2.64. The van der Waals surface area contributed by atoms with Gasteiger partial charge in [0.05, 0.1) is 10.6 Å². The largest absolute Gasteiger partial charge is 0.338 e. The molecule has 0 bridgehead atoms. The number of nitrogens with two attached hydrogens (primary N) is 1. The van der Waals surface area contributed by atoms with Crippen molar-refractivity contribution in [3.05, 3.63) is 65.7 Å². The lowest BCUT2D eigenvalue weighted by molar-refractivity contribution is 0.0532. The van der Waals surface area contributed by atoms with Gasteiger partial charge in [0, 0.05) is 24.7 Å². The number of carbonyl (C=O) groups is 1. The summed E-state index contributed by atoms with van der Waals surface area (Å²) in [6.07, 6.45) is 0.739. The van der Waals surface area contributed by atoms with E-state index in [9.17, 15) is 13.2 Å². The number of hydrogen-bond donors (Lipinski definition) is 1. The maximum Gasteiger partial charge on any atom is 0.254 e. The molecule has 1 saturated heterocycles. The molecule has 1 atom stereocenters. The Labute approximate surface area is 161 Å². The summed E-state index contributed by atoms with van der Waals surface area (Å²) in [7, 11) is -3.52. The first-order valence-electron chi connectivity index (χ1n) is 9.11. The molecular weight excluding hydrogens is 360 g/mol. The van der Waals surface area contributed by atoms with Crippen LogP contribution in [0.4, 0.5) is 0 Å². The number of carbonyl (C=O) groups excluding carboxylic acids is 1. The summed E-state index contributed by atoms with van der Waals surface area (Å²) >= 11 is 0. The van der Waals surface area contributed by atoms with Gasteiger partial charge in [-0.1, -0.05) is 50.2 Å². The highest BCUT2D eigenvalue weighted by Crippen LogP contribution is 2.29. The molecule has 2 N–H and O–H groups in total. The number of rotatable bonds is 4. The van der Waals surface area contributed by atoms with Crippen LogP contribution in [-0.2, 0) is 15.6 Å². The van der Waals surface area contributed by atoms with E-state index in [4.69, 9.17) is 5.73 Å². The van der Waals surface area contributed by atoms with E-state index in [1.165, 1.54) is 0 Å². The third-order valence-electron chi connectivity index (χ3n) is 5.29. The Bertz CT molecular complexity index is 923. The second-order valence-corrected chi connectivity index (χ2v) is 9.83. The van der Waals surface area contributed by atoms with Crippen molar-refractivity contribution in [2.75, 3.05) is 13.1 Å². The normalized spacial score (nSPS) is 19.7. The number of amides is 1. The van der Waals surface area contributed by atoms with Crippen molar-refractivity contribution < 1.29 is 13.2 Å². The first kappa shape index (κ1) is 19.6. The Morgan fingerprint density at radius 2 is 1.74 bits per heavy atom. The smallest absolute Gasteiger partial charge is 0.254 e. The van der Waals surface area contributed by atoms with Crippen LogP contribution in [0, 0.1) is 5.41 Å². The van der Waals surface area contributed by atoms with Crippen molar-refractivity contribution in [2.45, 2.75) is 37.0 Å². The molecule has 1 aliphatic heterocycles. The topological polar surface area (TPSA) is 80.5 Å². The monoisotopic (exact) mass is 386 g/mol. The molecule has 1 amide bonds. The minimum Gasteiger partial charge on any atom is -0.338 e. The summed E-state index contributed by atoms with van der Waals surface area (Å²) in [5, 5.41) is 0. The summed E-state index contributed by atoms with van der Waals surface area (Å²) in [4.78, 5) is 15.2. The van der Waals surface area contributed by atoms with Crippen molar-refractivity contribution in [3.63, 3.8) is 0 Å². The van der Waals surface area contributed by atoms with Gasteiger partial charge in [-0.15, -0.1) is 0 Å². The van der Waals surface area contributed by atoms with Gasteiger partial charge in [0.2, 0.25) is 0 Å². The molecule has 0 aromatic heterocycles. The van der Waals surface area contributed by atoms with Crippen LogP contribution in [0.3, 0.4) is 0 Å². The highest BCUT2D eigenvalue weighted by Gasteiger charge is 2.36. The van der Waals surface area contributed by atoms with Crippen molar-refractivity contribution >= 4 is 15.7 Å². The molecule has 6 heteroatoms. The minimum atomic E-state index is -3.52. The lowest BCUT2D eigenvalue weighted by Crippen LogP contribution is -2.54. The van der Waals surface area contributed by atoms with Crippen LogP contribution in [0.25, 0.3) is 0 Å².